The second-order valence-corrected chi connectivity index (χ2v) is 7.52. The first kappa shape index (κ1) is 18.7. The number of hydrogen-bond donors (Lipinski definition) is 1. The Kier molecular flexibility index (Phi) is 5.04. The lowest BCUT2D eigenvalue weighted by Crippen LogP contribution is -2.20. The van der Waals surface area contributed by atoms with Crippen LogP contribution in [0.1, 0.15) is 31.1 Å². The summed E-state index contributed by atoms with van der Waals surface area (Å²) in [6, 6.07) is 14.9. The zero-order chi connectivity index (χ0) is 19.6. The molecule has 2 aromatic carbocycles. The Hall–Kier alpha value is -3.08. The van der Waals surface area contributed by atoms with Crippen LogP contribution in [0.5, 0.6) is 5.75 Å². The number of ether oxygens (including phenoxy) is 1. The number of nitrogens with zero attached hydrogens (tertiary/aromatic N) is 1. The van der Waals surface area contributed by atoms with Crippen molar-refractivity contribution < 1.29 is 14.3 Å². The molecule has 27 heavy (non-hydrogen) atoms. The molecular formula is C22H24N2O3. The Bertz CT molecular complexity index is 996. The van der Waals surface area contributed by atoms with Gasteiger partial charge in [0.15, 0.2) is 5.78 Å². The predicted molar refractivity (Wildman–Crippen MR) is 107 cm³/mol. The molecule has 3 rings (SSSR count). The Balaban J connectivity index is 1.91. The molecule has 1 aromatic heterocycles. The third-order valence-electron chi connectivity index (χ3n) is 4.41. The molecule has 0 aliphatic rings. The summed E-state index contributed by atoms with van der Waals surface area (Å²) in [6.45, 7) is 5.80. The highest BCUT2D eigenvalue weighted by Gasteiger charge is 2.26. The maximum absolute atomic E-state index is 12.8. The smallest absolute Gasteiger partial charge is 0.244 e. The lowest BCUT2D eigenvalue weighted by Gasteiger charge is -2.15. The highest BCUT2D eigenvalue weighted by atomic mass is 16.5. The number of carbonyl (C=O) groups is 2. The molecule has 0 bridgehead atoms. The third-order valence-corrected chi connectivity index (χ3v) is 4.41. The molecule has 1 N–H and O–H groups in total. The van der Waals surface area contributed by atoms with Crippen molar-refractivity contribution in [1.29, 1.82) is 0 Å². The molecule has 1 amide bonds. The minimum absolute atomic E-state index is 0.0580. The summed E-state index contributed by atoms with van der Waals surface area (Å²) < 4.78 is 7.09. The molecule has 3 aromatic rings. The molecule has 0 saturated heterocycles. The molecule has 0 aliphatic carbocycles. The standard InChI is InChI=1S/C22H24N2O3/c1-22(2,3)21(26)16-13-24(18-11-7-5-9-15(16)18)14-20(25)23-17-10-6-8-12-19(17)27-4/h5-13H,14H2,1-4H3,(H,23,25). The number of aromatic nitrogens is 1. The number of ketones is 1. The van der Waals surface area contributed by atoms with Gasteiger partial charge in [-0.25, -0.2) is 0 Å². The highest BCUT2D eigenvalue weighted by Crippen LogP contribution is 2.29. The van der Waals surface area contributed by atoms with Crippen LogP contribution < -0.4 is 10.1 Å². The van der Waals surface area contributed by atoms with E-state index in [1.54, 1.807) is 25.4 Å². The largest absolute Gasteiger partial charge is 0.495 e. The summed E-state index contributed by atoms with van der Waals surface area (Å²) >= 11 is 0. The molecule has 0 aliphatic heterocycles. The van der Waals surface area contributed by atoms with E-state index in [-0.39, 0.29) is 18.2 Å². The molecule has 0 atom stereocenters. The number of para-hydroxylation sites is 3. The van der Waals surface area contributed by atoms with Gasteiger partial charge in [-0.3, -0.25) is 9.59 Å². The van der Waals surface area contributed by atoms with Gasteiger partial charge in [0.25, 0.3) is 0 Å². The van der Waals surface area contributed by atoms with Gasteiger partial charge in [-0.15, -0.1) is 0 Å². The Morgan fingerprint density at radius 3 is 2.41 bits per heavy atom. The molecule has 5 nitrogen and oxygen atoms in total. The first-order chi connectivity index (χ1) is 12.8. The van der Waals surface area contributed by atoms with Gasteiger partial charge in [0.2, 0.25) is 5.91 Å². The summed E-state index contributed by atoms with van der Waals surface area (Å²) in [5.74, 6) is 0.476. The zero-order valence-electron chi connectivity index (χ0n) is 16.1. The molecule has 0 fully saturated rings. The summed E-state index contributed by atoms with van der Waals surface area (Å²) in [5, 5.41) is 3.74. The second-order valence-electron chi connectivity index (χ2n) is 7.52. The highest BCUT2D eigenvalue weighted by molar-refractivity contribution is 6.10. The maximum atomic E-state index is 12.8. The van der Waals surface area contributed by atoms with Crippen molar-refractivity contribution in [2.45, 2.75) is 27.3 Å². The second kappa shape index (κ2) is 7.27. The van der Waals surface area contributed by atoms with Gasteiger partial charge in [-0.2, -0.15) is 0 Å². The number of carbonyl (C=O) groups excluding carboxylic acids is 2. The minimum atomic E-state index is -0.491. The van der Waals surface area contributed by atoms with Crippen molar-refractivity contribution in [3.63, 3.8) is 0 Å². The molecule has 140 valence electrons. The molecule has 0 radical (unpaired) electrons. The fourth-order valence-electron chi connectivity index (χ4n) is 3.05. The average molecular weight is 364 g/mol. The Morgan fingerprint density at radius 1 is 1.04 bits per heavy atom. The van der Waals surface area contributed by atoms with Crippen molar-refractivity contribution in [3.8, 4) is 5.75 Å². The van der Waals surface area contributed by atoms with E-state index in [0.29, 0.717) is 17.0 Å². The van der Waals surface area contributed by atoms with E-state index < -0.39 is 5.41 Å². The number of fused-ring (bicyclic) bond motifs is 1. The molecule has 0 unspecified atom stereocenters. The average Bonchev–Trinajstić information content (AvgIpc) is 2.99. The first-order valence-electron chi connectivity index (χ1n) is 8.87. The van der Waals surface area contributed by atoms with E-state index in [1.165, 1.54) is 0 Å². The molecule has 0 saturated carbocycles. The van der Waals surface area contributed by atoms with Crippen molar-refractivity contribution in [1.82, 2.24) is 4.57 Å². The minimum Gasteiger partial charge on any atom is -0.495 e. The summed E-state index contributed by atoms with van der Waals surface area (Å²) in [7, 11) is 1.56. The molecule has 0 spiro atoms. The number of benzene rings is 2. The van der Waals surface area contributed by atoms with Crippen LogP contribution in [0.4, 0.5) is 5.69 Å². The van der Waals surface area contributed by atoms with Crippen LogP contribution in [0.25, 0.3) is 10.9 Å². The molecular weight excluding hydrogens is 340 g/mol. The van der Waals surface area contributed by atoms with E-state index in [4.69, 9.17) is 4.74 Å². The van der Waals surface area contributed by atoms with Gasteiger partial charge in [0.1, 0.15) is 12.3 Å². The normalized spacial score (nSPS) is 11.4. The SMILES string of the molecule is COc1ccccc1NC(=O)Cn1cc(C(=O)C(C)(C)C)c2ccccc21. The number of anilines is 1. The molecule has 1 heterocycles. The number of rotatable bonds is 5. The van der Waals surface area contributed by atoms with Crippen LogP contribution in [0.15, 0.2) is 54.7 Å². The van der Waals surface area contributed by atoms with Crippen molar-refractivity contribution >= 4 is 28.3 Å². The van der Waals surface area contributed by atoms with Crippen LogP contribution in [-0.4, -0.2) is 23.4 Å². The first-order valence-corrected chi connectivity index (χ1v) is 8.87. The van der Waals surface area contributed by atoms with Crippen LogP contribution in [-0.2, 0) is 11.3 Å². The van der Waals surface area contributed by atoms with Crippen molar-refractivity contribution in [2.75, 3.05) is 12.4 Å². The lowest BCUT2D eigenvalue weighted by atomic mass is 9.86. The maximum Gasteiger partial charge on any atom is 0.244 e. The van der Waals surface area contributed by atoms with Gasteiger partial charge >= 0.3 is 0 Å². The summed E-state index contributed by atoms with van der Waals surface area (Å²) in [5.41, 5.74) is 1.63. The summed E-state index contributed by atoms with van der Waals surface area (Å²) in [6.07, 6.45) is 1.78. The quantitative estimate of drug-likeness (QED) is 0.677. The number of nitrogens with one attached hydrogen (secondary N) is 1. The Morgan fingerprint density at radius 2 is 1.70 bits per heavy atom. The number of methoxy groups -OCH3 is 1. The van der Waals surface area contributed by atoms with Gasteiger partial charge in [0, 0.05) is 28.1 Å². The Labute approximate surface area is 158 Å². The number of Topliss-reactive ketones (excluding diaryl/α,β-unsaturated/α-hetero) is 1. The van der Waals surface area contributed by atoms with Crippen LogP contribution in [0.2, 0.25) is 0 Å². The van der Waals surface area contributed by atoms with Gasteiger partial charge in [-0.1, -0.05) is 51.1 Å². The van der Waals surface area contributed by atoms with Gasteiger partial charge in [0.05, 0.1) is 12.8 Å². The van der Waals surface area contributed by atoms with Gasteiger partial charge < -0.3 is 14.6 Å². The van der Waals surface area contributed by atoms with Crippen molar-refractivity contribution in [3.05, 3.63) is 60.3 Å². The van der Waals surface area contributed by atoms with E-state index in [0.717, 1.165) is 10.9 Å². The fraction of sp³-hybridized carbons (Fsp3) is 0.273. The third kappa shape index (κ3) is 3.87. The fourth-order valence-corrected chi connectivity index (χ4v) is 3.05. The summed E-state index contributed by atoms with van der Waals surface area (Å²) in [4.78, 5) is 25.4. The monoisotopic (exact) mass is 364 g/mol. The number of amides is 1. The van der Waals surface area contributed by atoms with Crippen molar-refractivity contribution in [2.24, 2.45) is 5.41 Å². The van der Waals surface area contributed by atoms with E-state index in [9.17, 15) is 9.59 Å². The van der Waals surface area contributed by atoms with E-state index in [2.05, 4.69) is 5.32 Å². The van der Waals surface area contributed by atoms with Crippen LogP contribution in [0, 0.1) is 5.41 Å². The number of hydrogen-bond acceptors (Lipinski definition) is 3. The van der Waals surface area contributed by atoms with E-state index >= 15 is 0 Å². The van der Waals surface area contributed by atoms with Crippen LogP contribution >= 0.6 is 0 Å². The lowest BCUT2D eigenvalue weighted by molar-refractivity contribution is -0.116. The van der Waals surface area contributed by atoms with E-state index in [1.807, 2.05) is 61.7 Å². The molecule has 5 heteroatoms. The predicted octanol–water partition coefficient (Wildman–Crippen LogP) is 4.52. The zero-order valence-corrected chi connectivity index (χ0v) is 16.1. The van der Waals surface area contributed by atoms with Crippen LogP contribution in [0.3, 0.4) is 0 Å². The topological polar surface area (TPSA) is 60.3 Å². The van der Waals surface area contributed by atoms with Gasteiger partial charge in [-0.05, 0) is 18.2 Å².